The summed E-state index contributed by atoms with van der Waals surface area (Å²) in [6, 6.07) is 13.3. The molecule has 0 spiro atoms. The average molecular weight is 472 g/mol. The summed E-state index contributed by atoms with van der Waals surface area (Å²) in [5.41, 5.74) is 6.25. The van der Waals surface area contributed by atoms with Crippen molar-refractivity contribution < 1.29 is 4.39 Å². The number of aryl methyl sites for hydroxylation is 2. The van der Waals surface area contributed by atoms with Crippen molar-refractivity contribution in [2.75, 3.05) is 23.7 Å². The molecule has 3 aromatic heterocycles. The number of hydrogen-bond acceptors (Lipinski definition) is 7. The number of aromatic nitrogens is 7. The van der Waals surface area contributed by atoms with E-state index in [-0.39, 0.29) is 5.82 Å². The van der Waals surface area contributed by atoms with E-state index >= 15 is 0 Å². The standard InChI is InChI=1S/C25H26FN9/c1-4-27-22-12-17(6-7-18(22)25-31-33-34-32-25)21-13-23(30-14-29-21)28-9-10-35-16(3)11-19-15(2)5-8-20(26)24(19)35/h5-8,11-14,27H,4,9-10H2,1-3H3,(H,28,29,30)(H,31,32,33,34). The molecule has 0 aliphatic heterocycles. The lowest BCUT2D eigenvalue weighted by Gasteiger charge is -2.13. The van der Waals surface area contributed by atoms with E-state index in [4.69, 9.17) is 0 Å². The first kappa shape index (κ1) is 22.5. The first-order valence-electron chi connectivity index (χ1n) is 11.5. The lowest BCUT2D eigenvalue weighted by molar-refractivity contribution is 0.621. The van der Waals surface area contributed by atoms with Crippen molar-refractivity contribution in [1.82, 2.24) is 35.2 Å². The fourth-order valence-corrected chi connectivity index (χ4v) is 4.32. The average Bonchev–Trinajstić information content (AvgIpc) is 3.51. The topological polar surface area (TPSA) is 109 Å². The molecule has 0 radical (unpaired) electrons. The maximum atomic E-state index is 14.6. The molecule has 5 rings (SSSR count). The normalized spacial score (nSPS) is 11.2. The van der Waals surface area contributed by atoms with Crippen molar-refractivity contribution in [3.63, 3.8) is 0 Å². The fourth-order valence-electron chi connectivity index (χ4n) is 4.32. The van der Waals surface area contributed by atoms with E-state index in [2.05, 4.69) is 41.2 Å². The van der Waals surface area contributed by atoms with Gasteiger partial charge in [-0.1, -0.05) is 12.1 Å². The van der Waals surface area contributed by atoms with Crippen LogP contribution in [0.4, 0.5) is 15.9 Å². The summed E-state index contributed by atoms with van der Waals surface area (Å²) < 4.78 is 16.6. The second kappa shape index (κ2) is 9.49. The highest BCUT2D eigenvalue weighted by atomic mass is 19.1. The summed E-state index contributed by atoms with van der Waals surface area (Å²) in [5.74, 6) is 1.09. The van der Waals surface area contributed by atoms with Crippen LogP contribution in [-0.2, 0) is 6.54 Å². The molecule has 2 aromatic carbocycles. The highest BCUT2D eigenvalue weighted by Crippen LogP contribution is 2.30. The molecule has 0 aliphatic carbocycles. The third kappa shape index (κ3) is 4.42. The summed E-state index contributed by atoms with van der Waals surface area (Å²) in [7, 11) is 0. The minimum absolute atomic E-state index is 0.205. The van der Waals surface area contributed by atoms with E-state index in [1.165, 1.54) is 12.4 Å². The maximum Gasteiger partial charge on any atom is 0.181 e. The van der Waals surface area contributed by atoms with E-state index in [1.54, 1.807) is 0 Å². The monoisotopic (exact) mass is 471 g/mol. The summed E-state index contributed by atoms with van der Waals surface area (Å²) in [6.45, 7) is 7.99. The number of hydrogen-bond donors (Lipinski definition) is 3. The molecule has 5 aromatic rings. The first-order chi connectivity index (χ1) is 17.0. The van der Waals surface area contributed by atoms with Gasteiger partial charge in [0, 0.05) is 53.6 Å². The SMILES string of the molecule is CCNc1cc(-c2cc(NCCn3c(C)cc4c(C)ccc(F)c43)ncn2)ccc1-c1nnn[nH]1. The number of rotatable bonds is 8. The second-order valence-electron chi connectivity index (χ2n) is 8.32. The van der Waals surface area contributed by atoms with Gasteiger partial charge in [-0.15, -0.1) is 5.10 Å². The summed E-state index contributed by atoms with van der Waals surface area (Å²) in [6.07, 6.45) is 1.54. The van der Waals surface area contributed by atoms with Gasteiger partial charge in [-0.3, -0.25) is 0 Å². The molecular weight excluding hydrogens is 445 g/mol. The Morgan fingerprint density at radius 1 is 1.03 bits per heavy atom. The highest BCUT2D eigenvalue weighted by Gasteiger charge is 2.13. The lowest BCUT2D eigenvalue weighted by atomic mass is 10.1. The van der Waals surface area contributed by atoms with Gasteiger partial charge in [0.15, 0.2) is 5.82 Å². The Hall–Kier alpha value is -4.34. The van der Waals surface area contributed by atoms with E-state index in [1.807, 2.05) is 61.7 Å². The first-order valence-corrected chi connectivity index (χ1v) is 11.5. The molecule has 10 heteroatoms. The smallest absolute Gasteiger partial charge is 0.181 e. The third-order valence-electron chi connectivity index (χ3n) is 6.03. The Morgan fingerprint density at radius 3 is 2.71 bits per heavy atom. The quantitative estimate of drug-likeness (QED) is 0.304. The van der Waals surface area contributed by atoms with Crippen LogP contribution >= 0.6 is 0 Å². The Labute approximate surface area is 201 Å². The molecule has 3 heterocycles. The molecule has 35 heavy (non-hydrogen) atoms. The number of aromatic amines is 1. The van der Waals surface area contributed by atoms with E-state index in [0.29, 0.717) is 30.2 Å². The van der Waals surface area contributed by atoms with Crippen LogP contribution in [0.15, 0.2) is 48.8 Å². The van der Waals surface area contributed by atoms with Gasteiger partial charge in [0.2, 0.25) is 0 Å². The molecule has 0 bridgehead atoms. The van der Waals surface area contributed by atoms with Crippen molar-refractivity contribution in [2.45, 2.75) is 27.3 Å². The Kier molecular flexibility index (Phi) is 6.09. The number of nitrogens with one attached hydrogen (secondary N) is 3. The van der Waals surface area contributed by atoms with Crippen LogP contribution in [0.5, 0.6) is 0 Å². The Balaban J connectivity index is 1.35. The molecule has 0 fully saturated rings. The van der Waals surface area contributed by atoms with Crippen molar-refractivity contribution in [1.29, 1.82) is 0 Å². The van der Waals surface area contributed by atoms with Crippen molar-refractivity contribution in [2.24, 2.45) is 0 Å². The molecule has 0 aliphatic rings. The maximum absolute atomic E-state index is 14.6. The molecule has 3 N–H and O–H groups in total. The minimum Gasteiger partial charge on any atom is -0.385 e. The fraction of sp³-hybridized carbons (Fsp3) is 0.240. The minimum atomic E-state index is -0.205. The summed E-state index contributed by atoms with van der Waals surface area (Å²) in [4.78, 5) is 8.82. The molecule has 0 amide bonds. The molecule has 0 saturated carbocycles. The van der Waals surface area contributed by atoms with Crippen LogP contribution in [0.1, 0.15) is 18.2 Å². The number of nitrogens with zero attached hydrogens (tertiary/aromatic N) is 6. The van der Waals surface area contributed by atoms with Crippen molar-refractivity contribution in [3.8, 4) is 22.6 Å². The number of benzene rings is 2. The Bertz CT molecular complexity index is 1470. The van der Waals surface area contributed by atoms with Crippen molar-refractivity contribution in [3.05, 3.63) is 65.9 Å². The van der Waals surface area contributed by atoms with Crippen LogP contribution in [0.2, 0.25) is 0 Å². The summed E-state index contributed by atoms with van der Waals surface area (Å²) >= 11 is 0. The van der Waals surface area contributed by atoms with Gasteiger partial charge >= 0.3 is 0 Å². The number of H-pyrrole nitrogens is 1. The van der Waals surface area contributed by atoms with Gasteiger partial charge < -0.3 is 15.2 Å². The number of tetrazole rings is 1. The number of fused-ring (bicyclic) bond motifs is 1. The van der Waals surface area contributed by atoms with Crippen LogP contribution in [-0.4, -0.2) is 48.2 Å². The van der Waals surface area contributed by atoms with Crippen LogP contribution in [0.3, 0.4) is 0 Å². The molecule has 9 nitrogen and oxygen atoms in total. The van der Waals surface area contributed by atoms with Gasteiger partial charge in [0.05, 0.1) is 11.2 Å². The Morgan fingerprint density at radius 2 is 1.91 bits per heavy atom. The molecule has 178 valence electrons. The second-order valence-corrected chi connectivity index (χ2v) is 8.32. The van der Waals surface area contributed by atoms with Crippen LogP contribution in [0.25, 0.3) is 33.5 Å². The van der Waals surface area contributed by atoms with Gasteiger partial charge in [-0.05, 0) is 61.0 Å². The molecular formula is C25H26FN9. The largest absolute Gasteiger partial charge is 0.385 e. The third-order valence-corrected chi connectivity index (χ3v) is 6.03. The molecule has 0 atom stereocenters. The molecule has 0 saturated heterocycles. The highest BCUT2D eigenvalue weighted by molar-refractivity contribution is 5.85. The van der Waals surface area contributed by atoms with Gasteiger partial charge in [0.1, 0.15) is 18.0 Å². The molecule has 0 unspecified atom stereocenters. The predicted molar refractivity (Wildman–Crippen MR) is 135 cm³/mol. The van der Waals surface area contributed by atoms with Crippen molar-refractivity contribution >= 4 is 22.4 Å². The van der Waals surface area contributed by atoms with Crippen LogP contribution < -0.4 is 10.6 Å². The van der Waals surface area contributed by atoms with E-state index in [0.717, 1.165) is 45.7 Å². The van der Waals surface area contributed by atoms with Gasteiger partial charge in [-0.2, -0.15) is 0 Å². The van der Waals surface area contributed by atoms with Gasteiger partial charge in [0.25, 0.3) is 0 Å². The van der Waals surface area contributed by atoms with Crippen LogP contribution in [0, 0.1) is 19.7 Å². The predicted octanol–water partition coefficient (Wildman–Crippen LogP) is 4.58. The zero-order chi connectivity index (χ0) is 24.4. The zero-order valence-corrected chi connectivity index (χ0v) is 19.8. The lowest BCUT2D eigenvalue weighted by Crippen LogP contribution is -2.13. The number of halogens is 1. The number of anilines is 2. The van der Waals surface area contributed by atoms with E-state index in [9.17, 15) is 4.39 Å². The van der Waals surface area contributed by atoms with E-state index < -0.39 is 0 Å². The summed E-state index contributed by atoms with van der Waals surface area (Å²) in [5, 5.41) is 21.8. The van der Waals surface area contributed by atoms with Gasteiger partial charge in [-0.25, -0.2) is 19.5 Å². The zero-order valence-electron chi connectivity index (χ0n) is 19.8.